The van der Waals surface area contributed by atoms with Gasteiger partial charge < -0.3 is 10.5 Å². The van der Waals surface area contributed by atoms with Crippen LogP contribution in [0.5, 0.6) is 5.88 Å². The van der Waals surface area contributed by atoms with Crippen LogP contribution in [0.3, 0.4) is 0 Å². The summed E-state index contributed by atoms with van der Waals surface area (Å²) in [7, 11) is 1.66. The fraction of sp³-hybridized carbons (Fsp3) is 0.0909. The minimum Gasteiger partial charge on any atom is -0.482 e. The number of anilines is 1. The molecule has 0 aliphatic carbocycles. The third-order valence-corrected chi connectivity index (χ3v) is 2.09. The Labute approximate surface area is 82.7 Å². The monoisotopic (exact) mass is 188 g/mol. The van der Waals surface area contributed by atoms with E-state index < -0.39 is 0 Å². The molecule has 0 fully saturated rings. The largest absolute Gasteiger partial charge is 0.482 e. The van der Waals surface area contributed by atoms with Gasteiger partial charge in [-0.3, -0.25) is 4.57 Å². The van der Waals surface area contributed by atoms with Gasteiger partial charge in [0.25, 0.3) is 0 Å². The van der Waals surface area contributed by atoms with Crippen molar-refractivity contribution in [1.82, 2.24) is 4.57 Å². The molecule has 0 aliphatic heterocycles. The van der Waals surface area contributed by atoms with E-state index in [2.05, 4.69) is 0 Å². The standard InChI is InChI=1S/C11H12N2O/c1-14-11-3-2-8-13(11)10-6-4-9(12)5-7-10/h2-8H,12H2,1H3. The highest BCUT2D eigenvalue weighted by Gasteiger charge is 2.01. The number of hydrogen-bond donors (Lipinski definition) is 1. The summed E-state index contributed by atoms with van der Waals surface area (Å²) in [6.07, 6.45) is 1.95. The van der Waals surface area contributed by atoms with E-state index in [4.69, 9.17) is 10.5 Å². The summed E-state index contributed by atoms with van der Waals surface area (Å²) in [6, 6.07) is 11.5. The van der Waals surface area contributed by atoms with E-state index >= 15 is 0 Å². The maximum atomic E-state index is 5.61. The van der Waals surface area contributed by atoms with E-state index in [1.807, 2.05) is 47.2 Å². The highest BCUT2D eigenvalue weighted by molar-refractivity contribution is 5.46. The van der Waals surface area contributed by atoms with Gasteiger partial charge in [0.1, 0.15) is 0 Å². The van der Waals surface area contributed by atoms with Crippen LogP contribution in [0.25, 0.3) is 5.69 Å². The van der Waals surface area contributed by atoms with Gasteiger partial charge in [0.2, 0.25) is 0 Å². The molecular weight excluding hydrogens is 176 g/mol. The molecule has 1 aromatic carbocycles. The number of aromatic nitrogens is 1. The SMILES string of the molecule is COc1cccn1-c1ccc(N)cc1. The molecule has 0 saturated heterocycles. The molecule has 0 aliphatic rings. The third-order valence-electron chi connectivity index (χ3n) is 2.09. The number of nitrogens with zero attached hydrogens (tertiary/aromatic N) is 1. The topological polar surface area (TPSA) is 40.2 Å². The predicted octanol–water partition coefficient (Wildman–Crippen LogP) is 2.07. The van der Waals surface area contributed by atoms with Crippen LogP contribution in [-0.2, 0) is 0 Å². The van der Waals surface area contributed by atoms with Gasteiger partial charge in [0.05, 0.1) is 7.11 Å². The highest BCUT2D eigenvalue weighted by Crippen LogP contribution is 2.19. The van der Waals surface area contributed by atoms with Crippen molar-refractivity contribution in [3.05, 3.63) is 42.6 Å². The number of methoxy groups -OCH3 is 1. The lowest BCUT2D eigenvalue weighted by Crippen LogP contribution is -1.96. The highest BCUT2D eigenvalue weighted by atomic mass is 16.5. The van der Waals surface area contributed by atoms with Gasteiger partial charge in [-0.25, -0.2) is 0 Å². The van der Waals surface area contributed by atoms with Gasteiger partial charge in [-0.1, -0.05) is 0 Å². The van der Waals surface area contributed by atoms with Crippen molar-refractivity contribution in [2.45, 2.75) is 0 Å². The zero-order chi connectivity index (χ0) is 9.97. The maximum absolute atomic E-state index is 5.61. The fourth-order valence-electron chi connectivity index (χ4n) is 1.38. The molecule has 1 aromatic heterocycles. The quantitative estimate of drug-likeness (QED) is 0.733. The summed E-state index contributed by atoms with van der Waals surface area (Å²) >= 11 is 0. The van der Waals surface area contributed by atoms with E-state index in [-0.39, 0.29) is 0 Å². The van der Waals surface area contributed by atoms with Crippen molar-refractivity contribution in [1.29, 1.82) is 0 Å². The molecule has 3 heteroatoms. The molecule has 0 saturated carbocycles. The molecule has 72 valence electrons. The molecule has 2 N–H and O–H groups in total. The van der Waals surface area contributed by atoms with Crippen molar-refractivity contribution in [2.24, 2.45) is 0 Å². The lowest BCUT2D eigenvalue weighted by molar-refractivity contribution is 0.390. The number of hydrogen-bond acceptors (Lipinski definition) is 2. The van der Waals surface area contributed by atoms with Crippen LogP contribution < -0.4 is 10.5 Å². The number of nitrogens with two attached hydrogens (primary N) is 1. The molecule has 0 atom stereocenters. The number of ether oxygens (including phenoxy) is 1. The first kappa shape index (κ1) is 8.69. The Kier molecular flexibility index (Phi) is 2.14. The van der Waals surface area contributed by atoms with Crippen LogP contribution >= 0.6 is 0 Å². The van der Waals surface area contributed by atoms with Gasteiger partial charge in [0.15, 0.2) is 5.88 Å². The summed E-state index contributed by atoms with van der Waals surface area (Å²) in [4.78, 5) is 0. The second kappa shape index (κ2) is 3.46. The number of rotatable bonds is 2. The molecule has 0 spiro atoms. The molecule has 1 heterocycles. The van der Waals surface area contributed by atoms with E-state index in [9.17, 15) is 0 Å². The summed E-state index contributed by atoms with van der Waals surface area (Å²) in [6.45, 7) is 0. The molecule has 14 heavy (non-hydrogen) atoms. The van der Waals surface area contributed by atoms with E-state index in [1.165, 1.54) is 0 Å². The van der Waals surface area contributed by atoms with Crippen molar-refractivity contribution >= 4 is 5.69 Å². The Morgan fingerprint density at radius 3 is 2.50 bits per heavy atom. The number of benzene rings is 1. The Bertz CT molecular complexity index is 417. The van der Waals surface area contributed by atoms with Crippen LogP contribution in [0, 0.1) is 0 Å². The van der Waals surface area contributed by atoms with Crippen molar-refractivity contribution in [3.8, 4) is 11.6 Å². The van der Waals surface area contributed by atoms with Crippen LogP contribution in [0.2, 0.25) is 0 Å². The molecule has 0 unspecified atom stereocenters. The molecule has 2 aromatic rings. The first-order valence-corrected chi connectivity index (χ1v) is 4.38. The van der Waals surface area contributed by atoms with Crippen molar-refractivity contribution in [2.75, 3.05) is 12.8 Å². The smallest absolute Gasteiger partial charge is 0.197 e. The lowest BCUT2D eigenvalue weighted by Gasteiger charge is -2.07. The fourth-order valence-corrected chi connectivity index (χ4v) is 1.38. The molecule has 0 bridgehead atoms. The Morgan fingerprint density at radius 1 is 1.14 bits per heavy atom. The minimum atomic E-state index is 0.764. The summed E-state index contributed by atoms with van der Waals surface area (Å²) in [5, 5.41) is 0. The molecule has 3 nitrogen and oxygen atoms in total. The Hall–Kier alpha value is -1.90. The second-order valence-electron chi connectivity index (χ2n) is 3.01. The average Bonchev–Trinajstić information content (AvgIpc) is 2.67. The minimum absolute atomic E-state index is 0.764. The zero-order valence-electron chi connectivity index (χ0n) is 7.97. The van der Waals surface area contributed by atoms with Gasteiger partial charge in [-0.2, -0.15) is 0 Å². The van der Waals surface area contributed by atoms with Crippen molar-refractivity contribution < 1.29 is 4.74 Å². The average molecular weight is 188 g/mol. The van der Waals surface area contributed by atoms with Gasteiger partial charge in [-0.15, -0.1) is 0 Å². The Morgan fingerprint density at radius 2 is 1.86 bits per heavy atom. The molecule has 2 rings (SSSR count). The first-order chi connectivity index (χ1) is 6.81. The van der Waals surface area contributed by atoms with Crippen molar-refractivity contribution in [3.63, 3.8) is 0 Å². The predicted molar refractivity (Wildman–Crippen MR) is 56.7 cm³/mol. The summed E-state index contributed by atoms with van der Waals surface area (Å²) in [5.41, 5.74) is 7.42. The summed E-state index contributed by atoms with van der Waals surface area (Å²) < 4.78 is 7.16. The second-order valence-corrected chi connectivity index (χ2v) is 3.01. The third kappa shape index (κ3) is 1.44. The zero-order valence-corrected chi connectivity index (χ0v) is 7.97. The van der Waals surface area contributed by atoms with Crippen LogP contribution in [0.1, 0.15) is 0 Å². The molecule has 0 amide bonds. The van der Waals surface area contributed by atoms with Gasteiger partial charge in [0, 0.05) is 23.6 Å². The Balaban J connectivity index is 2.44. The van der Waals surface area contributed by atoms with Crippen LogP contribution in [0.15, 0.2) is 42.6 Å². The lowest BCUT2D eigenvalue weighted by atomic mass is 10.3. The normalized spacial score (nSPS) is 10.1. The molecular formula is C11H12N2O. The van der Waals surface area contributed by atoms with E-state index in [0.717, 1.165) is 17.3 Å². The van der Waals surface area contributed by atoms with Gasteiger partial charge in [-0.05, 0) is 30.3 Å². The number of nitrogen functional groups attached to an aromatic ring is 1. The molecule has 0 radical (unpaired) electrons. The van der Waals surface area contributed by atoms with Crippen LogP contribution in [-0.4, -0.2) is 11.7 Å². The summed E-state index contributed by atoms with van der Waals surface area (Å²) in [5.74, 6) is 0.815. The van der Waals surface area contributed by atoms with E-state index in [1.54, 1.807) is 7.11 Å². The van der Waals surface area contributed by atoms with E-state index in [0.29, 0.717) is 0 Å². The van der Waals surface area contributed by atoms with Gasteiger partial charge >= 0.3 is 0 Å². The first-order valence-electron chi connectivity index (χ1n) is 4.38. The van der Waals surface area contributed by atoms with Crippen LogP contribution in [0.4, 0.5) is 5.69 Å². The maximum Gasteiger partial charge on any atom is 0.197 e.